The molecule has 1 heterocycles. The number of nitrogens with zero attached hydrogens (tertiary/aromatic N) is 1. The lowest BCUT2D eigenvalue weighted by molar-refractivity contribution is 0.202. The average molecular weight is 263 g/mol. The lowest BCUT2D eigenvalue weighted by atomic mass is 10.1. The first kappa shape index (κ1) is 13.7. The highest BCUT2D eigenvalue weighted by molar-refractivity contribution is 5.76. The van der Waals surface area contributed by atoms with Crippen LogP contribution in [0.25, 0.3) is 0 Å². The van der Waals surface area contributed by atoms with Crippen LogP contribution in [-0.2, 0) is 0 Å². The Labute approximate surface area is 113 Å². The first-order valence-corrected chi connectivity index (χ1v) is 6.63. The summed E-state index contributed by atoms with van der Waals surface area (Å²) in [7, 11) is 1.93. The van der Waals surface area contributed by atoms with Crippen LogP contribution in [0.4, 0.5) is 4.79 Å². The van der Waals surface area contributed by atoms with Gasteiger partial charge in [0.25, 0.3) is 0 Å². The number of urea groups is 1. The summed E-state index contributed by atoms with van der Waals surface area (Å²) in [6.07, 6.45) is 0. The van der Waals surface area contributed by atoms with Gasteiger partial charge >= 0.3 is 6.03 Å². The predicted molar refractivity (Wildman–Crippen MR) is 74.4 cm³/mol. The van der Waals surface area contributed by atoms with E-state index in [1.54, 1.807) is 4.90 Å². The van der Waals surface area contributed by atoms with E-state index in [1.165, 1.54) is 5.56 Å². The summed E-state index contributed by atoms with van der Waals surface area (Å²) in [4.78, 5) is 13.1. The molecule has 0 aliphatic carbocycles. The molecule has 2 N–H and O–H groups in total. The van der Waals surface area contributed by atoms with Crippen molar-refractivity contribution in [3.8, 4) is 5.75 Å². The molecular weight excluding hydrogens is 242 g/mol. The Bertz CT molecular complexity index is 436. The largest absolute Gasteiger partial charge is 0.492 e. The van der Waals surface area contributed by atoms with Crippen molar-refractivity contribution in [2.45, 2.75) is 13.0 Å². The molecule has 104 valence electrons. The van der Waals surface area contributed by atoms with Crippen LogP contribution in [0.3, 0.4) is 0 Å². The Morgan fingerprint density at radius 1 is 1.53 bits per heavy atom. The molecule has 0 aromatic heterocycles. The van der Waals surface area contributed by atoms with Crippen molar-refractivity contribution in [1.82, 2.24) is 15.5 Å². The fourth-order valence-electron chi connectivity index (χ4n) is 2.04. The second kappa shape index (κ2) is 6.43. The second-order valence-electron chi connectivity index (χ2n) is 4.65. The Morgan fingerprint density at radius 2 is 2.37 bits per heavy atom. The zero-order valence-corrected chi connectivity index (χ0v) is 11.5. The maximum Gasteiger partial charge on any atom is 0.317 e. The topological polar surface area (TPSA) is 53.6 Å². The molecule has 1 aliphatic rings. The molecule has 1 saturated heterocycles. The minimum absolute atomic E-state index is 0.00107. The highest BCUT2D eigenvalue weighted by Gasteiger charge is 2.18. The smallest absolute Gasteiger partial charge is 0.317 e. The first-order chi connectivity index (χ1) is 9.20. The predicted octanol–water partition coefficient (Wildman–Crippen LogP) is 1.37. The van der Waals surface area contributed by atoms with E-state index >= 15 is 0 Å². The molecular formula is C14H21N3O2. The molecule has 0 saturated carbocycles. The summed E-state index contributed by atoms with van der Waals surface area (Å²) < 4.78 is 5.70. The monoisotopic (exact) mass is 263 g/mol. The standard InChI is InChI=1S/C14H21N3O2/c1-11(15-2)12-4-3-5-13(10-12)19-9-8-17-7-6-16-14(17)18/h3-5,10-11,15H,6-9H2,1-2H3,(H,16,18). The van der Waals surface area contributed by atoms with Crippen molar-refractivity contribution in [3.63, 3.8) is 0 Å². The van der Waals surface area contributed by atoms with Crippen LogP contribution in [-0.4, -0.2) is 44.2 Å². The Morgan fingerprint density at radius 3 is 3.05 bits per heavy atom. The summed E-state index contributed by atoms with van der Waals surface area (Å²) >= 11 is 0. The van der Waals surface area contributed by atoms with E-state index in [2.05, 4.69) is 23.6 Å². The van der Waals surface area contributed by atoms with Crippen LogP contribution in [0, 0.1) is 0 Å². The van der Waals surface area contributed by atoms with Crippen molar-refractivity contribution < 1.29 is 9.53 Å². The number of nitrogens with one attached hydrogen (secondary N) is 2. The quantitative estimate of drug-likeness (QED) is 0.815. The first-order valence-electron chi connectivity index (χ1n) is 6.63. The summed E-state index contributed by atoms with van der Waals surface area (Å²) in [5.41, 5.74) is 1.19. The van der Waals surface area contributed by atoms with Gasteiger partial charge in [-0.25, -0.2) is 4.79 Å². The Kier molecular flexibility index (Phi) is 4.63. The zero-order valence-electron chi connectivity index (χ0n) is 11.5. The van der Waals surface area contributed by atoms with E-state index in [4.69, 9.17) is 4.74 Å². The lowest BCUT2D eigenvalue weighted by Gasteiger charge is -2.16. The van der Waals surface area contributed by atoms with Gasteiger partial charge in [0, 0.05) is 19.1 Å². The third kappa shape index (κ3) is 3.61. The van der Waals surface area contributed by atoms with E-state index in [0.717, 1.165) is 18.8 Å². The van der Waals surface area contributed by atoms with Crippen LogP contribution in [0.15, 0.2) is 24.3 Å². The molecule has 19 heavy (non-hydrogen) atoms. The lowest BCUT2D eigenvalue weighted by Crippen LogP contribution is -2.31. The van der Waals surface area contributed by atoms with Gasteiger partial charge in [-0.3, -0.25) is 0 Å². The summed E-state index contributed by atoms with van der Waals surface area (Å²) in [6.45, 7) is 4.74. The summed E-state index contributed by atoms with van der Waals surface area (Å²) in [5, 5.41) is 5.97. The third-order valence-electron chi connectivity index (χ3n) is 3.37. The molecule has 0 spiro atoms. The number of carbonyl (C=O) groups is 1. The van der Waals surface area contributed by atoms with Gasteiger partial charge < -0.3 is 20.3 Å². The van der Waals surface area contributed by atoms with Crippen molar-refractivity contribution >= 4 is 6.03 Å². The molecule has 1 atom stereocenters. The molecule has 5 nitrogen and oxygen atoms in total. The highest BCUT2D eigenvalue weighted by atomic mass is 16.5. The maximum absolute atomic E-state index is 11.3. The van der Waals surface area contributed by atoms with Gasteiger partial charge in [-0.1, -0.05) is 12.1 Å². The maximum atomic E-state index is 11.3. The fourth-order valence-corrected chi connectivity index (χ4v) is 2.04. The molecule has 0 bridgehead atoms. The zero-order chi connectivity index (χ0) is 13.7. The molecule has 1 fully saturated rings. The molecule has 1 aromatic carbocycles. The Balaban J connectivity index is 1.84. The summed E-state index contributed by atoms with van der Waals surface area (Å²) in [5.74, 6) is 0.846. The van der Waals surface area contributed by atoms with Crippen LogP contribution >= 0.6 is 0 Å². The second-order valence-corrected chi connectivity index (χ2v) is 4.65. The Hall–Kier alpha value is -1.75. The number of hydrogen-bond donors (Lipinski definition) is 2. The number of amides is 2. The van der Waals surface area contributed by atoms with Gasteiger partial charge in [-0.15, -0.1) is 0 Å². The number of ether oxygens (including phenoxy) is 1. The minimum atomic E-state index is 0.00107. The van der Waals surface area contributed by atoms with Gasteiger partial charge in [0.2, 0.25) is 0 Å². The van der Waals surface area contributed by atoms with E-state index in [-0.39, 0.29) is 6.03 Å². The van der Waals surface area contributed by atoms with E-state index < -0.39 is 0 Å². The minimum Gasteiger partial charge on any atom is -0.492 e. The van der Waals surface area contributed by atoms with Crippen LogP contribution in [0.2, 0.25) is 0 Å². The number of rotatable bonds is 6. The molecule has 2 amide bonds. The number of carbonyl (C=O) groups excluding carboxylic acids is 1. The third-order valence-corrected chi connectivity index (χ3v) is 3.37. The van der Waals surface area contributed by atoms with Crippen molar-refractivity contribution in [2.24, 2.45) is 0 Å². The van der Waals surface area contributed by atoms with Gasteiger partial charge in [0.05, 0.1) is 6.54 Å². The van der Waals surface area contributed by atoms with E-state index in [1.807, 2.05) is 25.2 Å². The van der Waals surface area contributed by atoms with Gasteiger partial charge in [-0.05, 0) is 31.7 Å². The molecule has 1 unspecified atom stereocenters. The van der Waals surface area contributed by atoms with Crippen molar-refractivity contribution in [1.29, 1.82) is 0 Å². The highest BCUT2D eigenvalue weighted by Crippen LogP contribution is 2.18. The number of benzene rings is 1. The molecule has 5 heteroatoms. The molecule has 1 aromatic rings. The van der Waals surface area contributed by atoms with Crippen LogP contribution < -0.4 is 15.4 Å². The fraction of sp³-hybridized carbons (Fsp3) is 0.500. The van der Waals surface area contributed by atoms with E-state index in [9.17, 15) is 4.79 Å². The molecule has 0 radical (unpaired) electrons. The van der Waals surface area contributed by atoms with Crippen molar-refractivity contribution in [2.75, 3.05) is 33.3 Å². The summed E-state index contributed by atoms with van der Waals surface area (Å²) in [6, 6.07) is 8.33. The van der Waals surface area contributed by atoms with Crippen LogP contribution in [0.5, 0.6) is 5.75 Å². The van der Waals surface area contributed by atoms with Gasteiger partial charge in [0.15, 0.2) is 0 Å². The van der Waals surface area contributed by atoms with Gasteiger partial charge in [-0.2, -0.15) is 0 Å². The van der Waals surface area contributed by atoms with E-state index in [0.29, 0.717) is 19.2 Å². The SMILES string of the molecule is CNC(C)c1cccc(OCCN2CCNC2=O)c1. The van der Waals surface area contributed by atoms with Crippen LogP contribution in [0.1, 0.15) is 18.5 Å². The molecule has 2 rings (SSSR count). The normalized spacial score (nSPS) is 16.3. The molecule has 1 aliphatic heterocycles. The number of hydrogen-bond acceptors (Lipinski definition) is 3. The van der Waals surface area contributed by atoms with Gasteiger partial charge in [0.1, 0.15) is 12.4 Å². The average Bonchev–Trinajstić information content (AvgIpc) is 2.84. The van der Waals surface area contributed by atoms with Crippen molar-refractivity contribution in [3.05, 3.63) is 29.8 Å².